The van der Waals surface area contributed by atoms with Gasteiger partial charge in [-0.2, -0.15) is 0 Å². The third kappa shape index (κ3) is 1.85. The smallest absolute Gasteiger partial charge is 0.0761 e. The van der Waals surface area contributed by atoms with Crippen LogP contribution in [-0.2, 0) is 0 Å². The number of aliphatic hydroxyl groups is 1. The Kier molecular flexibility index (Phi) is 2.46. The number of aliphatic hydroxyl groups excluding tert-OH is 1. The van der Waals surface area contributed by atoms with Crippen LogP contribution in [0, 0.1) is 0 Å². The Morgan fingerprint density at radius 2 is 2.30 bits per heavy atom. The Morgan fingerprint density at radius 1 is 1.50 bits per heavy atom. The lowest BCUT2D eigenvalue weighted by molar-refractivity contribution is 0.235. The summed E-state index contributed by atoms with van der Waals surface area (Å²) >= 11 is 0. The van der Waals surface area contributed by atoms with Crippen molar-refractivity contribution in [1.82, 2.24) is 0 Å². The van der Waals surface area contributed by atoms with Crippen LogP contribution in [0.4, 0.5) is 0 Å². The van der Waals surface area contributed by atoms with E-state index in [9.17, 15) is 0 Å². The summed E-state index contributed by atoms with van der Waals surface area (Å²) in [5, 5.41) is 9.15. The fourth-order valence-electron chi connectivity index (χ4n) is 0.874. The lowest BCUT2D eigenvalue weighted by atomic mass is 10.1. The molecule has 54 valence electrons. The van der Waals surface area contributed by atoms with Crippen molar-refractivity contribution in [2.45, 2.75) is 19.4 Å². The zero-order chi connectivity index (χ0) is 7.40. The zero-order valence-electron chi connectivity index (χ0n) is 6.12. The summed E-state index contributed by atoms with van der Waals surface area (Å²) in [6.45, 7) is 1.77. The average Bonchev–Trinajstić information content (AvgIpc) is 2.12. The second-order valence-electron chi connectivity index (χ2n) is 2.41. The molecule has 0 aromatic heterocycles. The van der Waals surface area contributed by atoms with Crippen LogP contribution in [0.3, 0.4) is 0 Å². The first-order chi connectivity index (χ1) is 4.80. The molecule has 0 spiro atoms. The molecule has 1 unspecified atom stereocenters. The number of rotatable bonds is 1. The van der Waals surface area contributed by atoms with Gasteiger partial charge in [-0.1, -0.05) is 30.4 Å². The summed E-state index contributed by atoms with van der Waals surface area (Å²) in [5.41, 5.74) is 0.980. The molecule has 1 heteroatoms. The van der Waals surface area contributed by atoms with Crippen molar-refractivity contribution in [3.63, 3.8) is 0 Å². The van der Waals surface area contributed by atoms with E-state index in [1.165, 1.54) is 0 Å². The van der Waals surface area contributed by atoms with Gasteiger partial charge >= 0.3 is 0 Å². The van der Waals surface area contributed by atoms with E-state index in [1.54, 1.807) is 6.92 Å². The van der Waals surface area contributed by atoms with Crippen molar-refractivity contribution in [2.75, 3.05) is 0 Å². The number of allylic oxidation sites excluding steroid dienone is 4. The van der Waals surface area contributed by atoms with Crippen molar-refractivity contribution in [3.8, 4) is 0 Å². The highest BCUT2D eigenvalue weighted by Gasteiger charge is 1.98. The van der Waals surface area contributed by atoms with Crippen LogP contribution >= 0.6 is 0 Å². The molecule has 1 rings (SSSR count). The number of hydrogen-bond acceptors (Lipinski definition) is 1. The Labute approximate surface area is 61.4 Å². The van der Waals surface area contributed by atoms with Gasteiger partial charge in [0.25, 0.3) is 0 Å². The summed E-state index contributed by atoms with van der Waals surface area (Å²) in [6, 6.07) is 0. The molecule has 0 saturated heterocycles. The fraction of sp³-hybridized carbons (Fsp3) is 0.333. The first-order valence-electron chi connectivity index (χ1n) is 3.52. The van der Waals surface area contributed by atoms with Gasteiger partial charge in [-0.15, -0.1) is 0 Å². The van der Waals surface area contributed by atoms with Gasteiger partial charge in [0.1, 0.15) is 0 Å². The van der Waals surface area contributed by atoms with Crippen LogP contribution < -0.4 is 0 Å². The largest absolute Gasteiger partial charge is 0.389 e. The van der Waals surface area contributed by atoms with Gasteiger partial charge in [-0.05, 0) is 18.9 Å². The highest BCUT2D eigenvalue weighted by molar-refractivity contribution is 5.29. The molecule has 0 aliphatic heterocycles. The van der Waals surface area contributed by atoms with Crippen molar-refractivity contribution in [1.29, 1.82) is 0 Å². The van der Waals surface area contributed by atoms with Crippen molar-refractivity contribution < 1.29 is 5.11 Å². The molecule has 1 atom stereocenters. The van der Waals surface area contributed by atoms with Gasteiger partial charge in [0.2, 0.25) is 0 Å². The first-order valence-corrected chi connectivity index (χ1v) is 3.52. The molecule has 10 heavy (non-hydrogen) atoms. The summed E-state index contributed by atoms with van der Waals surface area (Å²) in [6.07, 6.45) is 10.6. The van der Waals surface area contributed by atoms with Crippen molar-refractivity contribution in [2.24, 2.45) is 0 Å². The first kappa shape index (κ1) is 7.29. The van der Waals surface area contributed by atoms with Crippen molar-refractivity contribution in [3.05, 3.63) is 36.0 Å². The van der Waals surface area contributed by atoms with Gasteiger partial charge in [0, 0.05) is 0 Å². The molecular weight excluding hydrogens is 124 g/mol. The van der Waals surface area contributed by atoms with E-state index in [0.717, 1.165) is 12.0 Å². The van der Waals surface area contributed by atoms with Gasteiger partial charge in [-0.3, -0.25) is 0 Å². The number of hydrogen-bond donors (Lipinski definition) is 1. The Morgan fingerprint density at radius 3 is 3.00 bits per heavy atom. The Hall–Kier alpha value is -0.820. The summed E-state index contributed by atoms with van der Waals surface area (Å²) < 4.78 is 0. The molecule has 1 aliphatic rings. The highest BCUT2D eigenvalue weighted by atomic mass is 16.3. The van der Waals surface area contributed by atoms with E-state index >= 15 is 0 Å². The summed E-state index contributed by atoms with van der Waals surface area (Å²) in [5.74, 6) is 0. The minimum absolute atomic E-state index is 0.348. The van der Waals surface area contributed by atoms with E-state index in [-0.39, 0.29) is 6.10 Å². The van der Waals surface area contributed by atoms with Crippen LogP contribution in [-0.4, -0.2) is 11.2 Å². The molecule has 0 heterocycles. The fourth-order valence-corrected chi connectivity index (χ4v) is 0.874. The molecule has 1 aliphatic carbocycles. The van der Waals surface area contributed by atoms with E-state index in [1.807, 2.05) is 24.3 Å². The molecule has 0 fully saturated rings. The second kappa shape index (κ2) is 3.37. The normalized spacial score (nSPS) is 20.0. The highest BCUT2D eigenvalue weighted by Crippen LogP contribution is 2.07. The zero-order valence-corrected chi connectivity index (χ0v) is 6.12. The van der Waals surface area contributed by atoms with E-state index in [0.29, 0.717) is 0 Å². The van der Waals surface area contributed by atoms with Crippen LogP contribution in [0.2, 0.25) is 0 Å². The van der Waals surface area contributed by atoms with E-state index in [2.05, 4.69) is 6.08 Å². The summed E-state index contributed by atoms with van der Waals surface area (Å²) in [4.78, 5) is 0. The molecule has 0 amide bonds. The second-order valence-corrected chi connectivity index (χ2v) is 2.41. The monoisotopic (exact) mass is 136 g/mol. The van der Waals surface area contributed by atoms with Gasteiger partial charge < -0.3 is 5.11 Å². The predicted octanol–water partition coefficient (Wildman–Crippen LogP) is 1.81. The molecular formula is C9H12O. The molecule has 0 bridgehead atoms. The molecule has 1 nitrogen and oxygen atoms in total. The third-order valence-corrected chi connectivity index (χ3v) is 1.49. The third-order valence-electron chi connectivity index (χ3n) is 1.49. The Bertz CT molecular complexity index is 185. The van der Waals surface area contributed by atoms with E-state index in [4.69, 9.17) is 5.11 Å². The van der Waals surface area contributed by atoms with Crippen LogP contribution in [0.15, 0.2) is 36.0 Å². The molecule has 0 radical (unpaired) electrons. The maximum atomic E-state index is 9.15. The van der Waals surface area contributed by atoms with Crippen molar-refractivity contribution >= 4 is 0 Å². The predicted molar refractivity (Wildman–Crippen MR) is 42.7 cm³/mol. The van der Waals surface area contributed by atoms with Gasteiger partial charge in [-0.25, -0.2) is 0 Å². The van der Waals surface area contributed by atoms with Crippen LogP contribution in [0.1, 0.15) is 13.3 Å². The maximum Gasteiger partial charge on any atom is 0.0761 e. The lowest BCUT2D eigenvalue weighted by Gasteiger charge is -2.01. The minimum Gasteiger partial charge on any atom is -0.389 e. The molecule has 0 saturated carbocycles. The molecule has 1 N–H and O–H groups in total. The van der Waals surface area contributed by atoms with Crippen LogP contribution in [0.5, 0.6) is 0 Å². The Balaban J connectivity index is 2.73. The maximum absolute atomic E-state index is 9.15. The quantitative estimate of drug-likeness (QED) is 0.583. The molecule has 0 aromatic carbocycles. The lowest BCUT2D eigenvalue weighted by Crippen LogP contribution is -2.00. The standard InChI is InChI=1S/C9H12O/c1-8(10)9-6-4-2-3-5-7-9/h2,4-8,10H,3H2,1H3. The van der Waals surface area contributed by atoms with Gasteiger partial charge in [0.05, 0.1) is 6.10 Å². The minimum atomic E-state index is -0.348. The average molecular weight is 136 g/mol. The molecule has 0 aromatic rings. The summed E-state index contributed by atoms with van der Waals surface area (Å²) in [7, 11) is 0. The van der Waals surface area contributed by atoms with Crippen LogP contribution in [0.25, 0.3) is 0 Å². The topological polar surface area (TPSA) is 20.2 Å². The SMILES string of the molecule is CC(O)C1=CC=CCC=C1. The van der Waals surface area contributed by atoms with Gasteiger partial charge in [0.15, 0.2) is 0 Å². The van der Waals surface area contributed by atoms with E-state index < -0.39 is 0 Å².